The second kappa shape index (κ2) is 6.52. The summed E-state index contributed by atoms with van der Waals surface area (Å²) in [5, 5.41) is 14.6. The fraction of sp³-hybridized carbons (Fsp3) is 0.118. The van der Waals surface area contributed by atoms with E-state index in [0.717, 1.165) is 5.56 Å². The number of fused-ring (bicyclic) bond motifs is 1. The summed E-state index contributed by atoms with van der Waals surface area (Å²) in [4.78, 5) is 20.6. The van der Waals surface area contributed by atoms with Gasteiger partial charge in [-0.15, -0.1) is 0 Å². The van der Waals surface area contributed by atoms with Crippen molar-refractivity contribution >= 4 is 16.9 Å². The molecule has 0 radical (unpaired) electrons. The zero-order valence-electron chi connectivity index (χ0n) is 13.3. The number of nitrogens with zero attached hydrogens (tertiary/aromatic N) is 5. The summed E-state index contributed by atoms with van der Waals surface area (Å²) in [6.07, 6.45) is 3.37. The Bertz CT molecular complexity index is 1040. The molecule has 0 aliphatic carbocycles. The first-order valence-corrected chi connectivity index (χ1v) is 7.79. The van der Waals surface area contributed by atoms with Gasteiger partial charge in [-0.3, -0.25) is 9.89 Å². The quantitative estimate of drug-likeness (QED) is 0.575. The molecule has 25 heavy (non-hydrogen) atoms. The summed E-state index contributed by atoms with van der Waals surface area (Å²) < 4.78 is 1.43. The Morgan fingerprint density at radius 3 is 2.68 bits per heavy atom. The van der Waals surface area contributed by atoms with Crippen LogP contribution >= 0.6 is 0 Å². The number of benzene rings is 1. The van der Waals surface area contributed by atoms with Crippen molar-refractivity contribution in [2.75, 3.05) is 5.32 Å². The van der Waals surface area contributed by atoms with Gasteiger partial charge in [-0.1, -0.05) is 30.3 Å². The van der Waals surface area contributed by atoms with E-state index < -0.39 is 0 Å². The lowest BCUT2D eigenvalue weighted by Crippen LogP contribution is -2.22. The molecule has 3 heterocycles. The van der Waals surface area contributed by atoms with Crippen LogP contribution in [0.1, 0.15) is 11.4 Å². The van der Waals surface area contributed by atoms with Gasteiger partial charge in [-0.05, 0) is 11.6 Å². The van der Waals surface area contributed by atoms with Crippen LogP contribution in [-0.2, 0) is 13.1 Å². The molecule has 0 bridgehead atoms. The lowest BCUT2D eigenvalue weighted by atomic mass is 10.2. The molecule has 4 aromatic rings. The molecule has 0 saturated carbocycles. The zero-order valence-corrected chi connectivity index (χ0v) is 13.3. The number of aromatic nitrogens is 6. The standard InChI is InChI=1S/C17H15N7O/c25-15-9-13-16(23-24(15)11-12-5-2-1-3-6-12)17(22-21-13)20-10-14-18-7-4-8-19-14/h1-9,21H,10-11H2,(H,20,22). The van der Waals surface area contributed by atoms with Crippen LogP contribution in [0.5, 0.6) is 0 Å². The van der Waals surface area contributed by atoms with Crippen LogP contribution in [0.4, 0.5) is 5.82 Å². The summed E-state index contributed by atoms with van der Waals surface area (Å²) in [5.41, 5.74) is 2.02. The van der Waals surface area contributed by atoms with Gasteiger partial charge in [0.05, 0.1) is 18.6 Å². The molecule has 2 N–H and O–H groups in total. The fourth-order valence-corrected chi connectivity index (χ4v) is 2.50. The number of hydrogen-bond acceptors (Lipinski definition) is 6. The Hall–Kier alpha value is -3.55. The van der Waals surface area contributed by atoms with E-state index in [2.05, 4.69) is 30.6 Å². The average molecular weight is 333 g/mol. The van der Waals surface area contributed by atoms with Gasteiger partial charge in [0.1, 0.15) is 5.82 Å². The van der Waals surface area contributed by atoms with E-state index in [9.17, 15) is 4.79 Å². The molecule has 0 spiro atoms. The number of anilines is 1. The SMILES string of the molecule is O=c1cc2[nH]nc(NCc3ncccn3)c2nn1Cc1ccccc1. The molecule has 8 heteroatoms. The van der Waals surface area contributed by atoms with E-state index in [-0.39, 0.29) is 5.56 Å². The van der Waals surface area contributed by atoms with Crippen molar-refractivity contribution in [2.45, 2.75) is 13.1 Å². The van der Waals surface area contributed by atoms with Gasteiger partial charge >= 0.3 is 0 Å². The van der Waals surface area contributed by atoms with Crippen LogP contribution in [-0.4, -0.2) is 29.9 Å². The maximum absolute atomic E-state index is 12.2. The molecular weight excluding hydrogens is 318 g/mol. The summed E-state index contributed by atoms with van der Waals surface area (Å²) in [5.74, 6) is 1.21. The maximum Gasteiger partial charge on any atom is 0.269 e. The predicted molar refractivity (Wildman–Crippen MR) is 93.1 cm³/mol. The first-order chi connectivity index (χ1) is 12.3. The van der Waals surface area contributed by atoms with E-state index in [1.54, 1.807) is 18.5 Å². The molecule has 3 aromatic heterocycles. The smallest absolute Gasteiger partial charge is 0.269 e. The topological polar surface area (TPSA) is 101 Å². The van der Waals surface area contributed by atoms with E-state index in [0.29, 0.717) is 35.8 Å². The Labute approximate surface area is 142 Å². The maximum atomic E-state index is 12.2. The summed E-state index contributed by atoms with van der Waals surface area (Å²) >= 11 is 0. The Balaban J connectivity index is 1.63. The van der Waals surface area contributed by atoms with E-state index >= 15 is 0 Å². The minimum atomic E-state index is -0.182. The Kier molecular flexibility index (Phi) is 3.91. The highest BCUT2D eigenvalue weighted by molar-refractivity contribution is 5.84. The minimum Gasteiger partial charge on any atom is -0.359 e. The van der Waals surface area contributed by atoms with Crippen LogP contribution in [0.2, 0.25) is 0 Å². The van der Waals surface area contributed by atoms with Crippen molar-refractivity contribution in [1.29, 1.82) is 0 Å². The second-order valence-corrected chi connectivity index (χ2v) is 5.48. The van der Waals surface area contributed by atoms with Crippen molar-refractivity contribution < 1.29 is 0 Å². The monoisotopic (exact) mass is 333 g/mol. The molecule has 0 amide bonds. The van der Waals surface area contributed by atoms with Crippen molar-refractivity contribution in [2.24, 2.45) is 0 Å². The lowest BCUT2D eigenvalue weighted by molar-refractivity contribution is 0.653. The third-order valence-electron chi connectivity index (χ3n) is 3.72. The molecule has 0 aliphatic heterocycles. The first-order valence-electron chi connectivity index (χ1n) is 7.79. The second-order valence-electron chi connectivity index (χ2n) is 5.48. The predicted octanol–water partition coefficient (Wildman–Crippen LogP) is 1.57. The molecule has 124 valence electrons. The third-order valence-corrected chi connectivity index (χ3v) is 3.72. The highest BCUT2D eigenvalue weighted by Gasteiger charge is 2.11. The van der Waals surface area contributed by atoms with Gasteiger partial charge in [0.15, 0.2) is 11.3 Å². The third kappa shape index (κ3) is 3.23. The van der Waals surface area contributed by atoms with E-state index in [1.165, 1.54) is 10.7 Å². The van der Waals surface area contributed by atoms with Crippen LogP contribution in [0.25, 0.3) is 11.0 Å². The molecule has 0 atom stereocenters. The highest BCUT2D eigenvalue weighted by atomic mass is 16.1. The molecule has 1 aromatic carbocycles. The fourth-order valence-electron chi connectivity index (χ4n) is 2.50. The summed E-state index contributed by atoms with van der Waals surface area (Å²) in [6, 6.07) is 13.0. The van der Waals surface area contributed by atoms with Crippen molar-refractivity contribution in [1.82, 2.24) is 29.9 Å². The number of nitrogens with one attached hydrogen (secondary N) is 2. The first kappa shape index (κ1) is 15.0. The molecule has 8 nitrogen and oxygen atoms in total. The van der Waals surface area contributed by atoms with E-state index in [4.69, 9.17) is 0 Å². The van der Waals surface area contributed by atoms with Crippen molar-refractivity contribution in [3.63, 3.8) is 0 Å². The van der Waals surface area contributed by atoms with Crippen molar-refractivity contribution in [3.8, 4) is 0 Å². The largest absolute Gasteiger partial charge is 0.359 e. The Morgan fingerprint density at radius 1 is 1.08 bits per heavy atom. The van der Waals surface area contributed by atoms with Gasteiger partial charge in [-0.25, -0.2) is 14.6 Å². The lowest BCUT2D eigenvalue weighted by Gasteiger charge is -2.05. The Morgan fingerprint density at radius 2 is 1.88 bits per heavy atom. The van der Waals surface area contributed by atoms with Crippen LogP contribution < -0.4 is 10.9 Å². The van der Waals surface area contributed by atoms with Crippen LogP contribution in [0.3, 0.4) is 0 Å². The number of aromatic amines is 1. The summed E-state index contributed by atoms with van der Waals surface area (Å²) in [6.45, 7) is 0.822. The average Bonchev–Trinajstić information content (AvgIpc) is 3.04. The highest BCUT2D eigenvalue weighted by Crippen LogP contribution is 2.16. The minimum absolute atomic E-state index is 0.182. The van der Waals surface area contributed by atoms with Gasteiger partial charge in [0.2, 0.25) is 0 Å². The van der Waals surface area contributed by atoms with Crippen molar-refractivity contribution in [3.05, 3.63) is 76.6 Å². The molecule has 0 unspecified atom stereocenters. The van der Waals surface area contributed by atoms with Crippen LogP contribution in [0, 0.1) is 0 Å². The normalized spacial score (nSPS) is 10.9. The van der Waals surface area contributed by atoms with Crippen LogP contribution in [0.15, 0.2) is 59.7 Å². The van der Waals surface area contributed by atoms with E-state index in [1.807, 2.05) is 30.3 Å². The van der Waals surface area contributed by atoms with Gasteiger partial charge in [0, 0.05) is 18.5 Å². The van der Waals surface area contributed by atoms with Gasteiger partial charge in [0.25, 0.3) is 5.56 Å². The summed E-state index contributed by atoms with van der Waals surface area (Å²) in [7, 11) is 0. The van der Waals surface area contributed by atoms with Gasteiger partial charge in [-0.2, -0.15) is 10.2 Å². The molecular formula is C17H15N7O. The zero-order chi connectivity index (χ0) is 17.1. The number of hydrogen-bond donors (Lipinski definition) is 2. The molecule has 0 aliphatic rings. The molecule has 0 fully saturated rings. The molecule has 0 saturated heterocycles. The molecule has 4 rings (SSSR count). The number of rotatable bonds is 5. The van der Waals surface area contributed by atoms with Gasteiger partial charge < -0.3 is 5.32 Å². The number of H-pyrrole nitrogens is 1.